The van der Waals surface area contributed by atoms with Crippen LogP contribution in [0.3, 0.4) is 0 Å². The van der Waals surface area contributed by atoms with E-state index in [4.69, 9.17) is 28.9 Å². The first-order valence-electron chi connectivity index (χ1n) is 5.49. The Morgan fingerprint density at radius 2 is 1.65 bits per heavy atom. The monoisotopic (exact) mass is 309 g/mol. The van der Waals surface area contributed by atoms with Crippen LogP contribution in [-0.4, -0.2) is 16.8 Å². The van der Waals surface area contributed by atoms with E-state index in [2.05, 4.69) is 10.3 Å². The number of pyridine rings is 1. The van der Waals surface area contributed by atoms with Crippen molar-refractivity contribution in [3.8, 4) is 0 Å². The molecule has 0 saturated heterocycles. The van der Waals surface area contributed by atoms with E-state index in [0.717, 1.165) is 0 Å². The van der Waals surface area contributed by atoms with Crippen LogP contribution in [0.2, 0.25) is 10.0 Å². The number of rotatable bonds is 3. The fraction of sp³-hybridized carbons (Fsp3) is 0. The largest absolute Gasteiger partial charge is 0.366 e. The summed E-state index contributed by atoms with van der Waals surface area (Å²) in [6.45, 7) is 0. The smallest absolute Gasteiger partial charge is 0.258 e. The fourth-order valence-electron chi connectivity index (χ4n) is 1.56. The van der Waals surface area contributed by atoms with Gasteiger partial charge in [-0.15, -0.1) is 0 Å². The van der Waals surface area contributed by atoms with Crippen LogP contribution in [0.1, 0.15) is 20.7 Å². The van der Waals surface area contributed by atoms with Gasteiger partial charge < -0.3 is 11.1 Å². The molecular formula is C13H9Cl2N3O2. The lowest BCUT2D eigenvalue weighted by Gasteiger charge is -2.09. The summed E-state index contributed by atoms with van der Waals surface area (Å²) in [7, 11) is 0. The molecule has 102 valence electrons. The van der Waals surface area contributed by atoms with Gasteiger partial charge in [0.15, 0.2) is 0 Å². The predicted octanol–water partition coefficient (Wildman–Crippen LogP) is 2.74. The Kier molecular flexibility index (Phi) is 4.22. The molecule has 1 aromatic carbocycles. The van der Waals surface area contributed by atoms with Gasteiger partial charge >= 0.3 is 0 Å². The molecule has 0 aliphatic rings. The molecule has 0 fully saturated rings. The van der Waals surface area contributed by atoms with Gasteiger partial charge in [0.25, 0.3) is 5.91 Å². The summed E-state index contributed by atoms with van der Waals surface area (Å²) < 4.78 is 0. The third-order valence-electron chi connectivity index (χ3n) is 2.49. The lowest BCUT2D eigenvalue weighted by molar-refractivity contribution is 0.0995. The van der Waals surface area contributed by atoms with Crippen molar-refractivity contribution in [3.05, 3.63) is 57.8 Å². The summed E-state index contributed by atoms with van der Waals surface area (Å²) in [5, 5.41) is 2.73. The molecule has 1 heterocycles. The number of nitrogens with zero attached hydrogens (tertiary/aromatic N) is 1. The molecule has 0 spiro atoms. The molecule has 0 aliphatic carbocycles. The minimum atomic E-state index is -0.671. The highest BCUT2D eigenvalue weighted by molar-refractivity contribution is 6.40. The van der Waals surface area contributed by atoms with Crippen LogP contribution in [0.4, 0.5) is 5.69 Å². The number of hydrogen-bond donors (Lipinski definition) is 2. The predicted molar refractivity (Wildman–Crippen MR) is 77.2 cm³/mol. The number of benzene rings is 1. The van der Waals surface area contributed by atoms with Gasteiger partial charge in [0.05, 0.1) is 15.6 Å². The maximum absolute atomic E-state index is 12.1. The van der Waals surface area contributed by atoms with Gasteiger partial charge in [-0.05, 0) is 24.3 Å². The highest BCUT2D eigenvalue weighted by Gasteiger charge is 2.17. The van der Waals surface area contributed by atoms with Crippen molar-refractivity contribution in [1.29, 1.82) is 0 Å². The van der Waals surface area contributed by atoms with Crippen LogP contribution in [0, 0.1) is 0 Å². The van der Waals surface area contributed by atoms with Crippen LogP contribution >= 0.6 is 23.2 Å². The lowest BCUT2D eigenvalue weighted by atomic mass is 10.1. The lowest BCUT2D eigenvalue weighted by Crippen LogP contribution is -2.15. The standard InChI is InChI=1S/C13H9Cl2N3O2/c14-9-5-7(12(16)19)6-10(15)11(9)13(20)18-8-1-3-17-4-2-8/h1-6H,(H2,16,19)(H,17,18,20). The number of primary amides is 1. The number of carbonyl (C=O) groups excluding carboxylic acids is 2. The Morgan fingerprint density at radius 3 is 2.15 bits per heavy atom. The van der Waals surface area contributed by atoms with Gasteiger partial charge in [-0.2, -0.15) is 0 Å². The fourth-order valence-corrected chi connectivity index (χ4v) is 2.22. The van der Waals surface area contributed by atoms with E-state index in [1.54, 1.807) is 12.1 Å². The highest BCUT2D eigenvalue weighted by atomic mass is 35.5. The molecule has 1 aromatic heterocycles. The molecule has 2 aromatic rings. The van der Waals surface area contributed by atoms with Crippen molar-refractivity contribution in [2.75, 3.05) is 5.32 Å². The molecular weight excluding hydrogens is 301 g/mol. The molecule has 7 heteroatoms. The quantitative estimate of drug-likeness (QED) is 0.914. The summed E-state index contributed by atoms with van der Waals surface area (Å²) in [6, 6.07) is 5.85. The van der Waals surface area contributed by atoms with Gasteiger partial charge in [0.1, 0.15) is 0 Å². The Hall–Kier alpha value is -2.11. The minimum Gasteiger partial charge on any atom is -0.366 e. The maximum Gasteiger partial charge on any atom is 0.258 e. The van der Waals surface area contributed by atoms with Crippen molar-refractivity contribution >= 4 is 40.7 Å². The Morgan fingerprint density at radius 1 is 1.10 bits per heavy atom. The molecule has 3 N–H and O–H groups in total. The number of anilines is 1. The zero-order valence-corrected chi connectivity index (χ0v) is 11.6. The molecule has 2 rings (SSSR count). The van der Waals surface area contributed by atoms with E-state index < -0.39 is 11.8 Å². The number of halogens is 2. The van der Waals surface area contributed by atoms with Crippen LogP contribution in [-0.2, 0) is 0 Å². The topological polar surface area (TPSA) is 85.1 Å². The van der Waals surface area contributed by atoms with E-state index >= 15 is 0 Å². The van der Waals surface area contributed by atoms with E-state index in [9.17, 15) is 9.59 Å². The van der Waals surface area contributed by atoms with Crippen molar-refractivity contribution in [1.82, 2.24) is 4.98 Å². The second-order valence-electron chi connectivity index (χ2n) is 3.87. The molecule has 5 nitrogen and oxygen atoms in total. The minimum absolute atomic E-state index is 0.0536. The average Bonchev–Trinajstić information content (AvgIpc) is 2.38. The van der Waals surface area contributed by atoms with Crippen LogP contribution in [0.5, 0.6) is 0 Å². The number of carbonyl (C=O) groups is 2. The number of hydrogen-bond acceptors (Lipinski definition) is 3. The maximum atomic E-state index is 12.1. The molecule has 0 unspecified atom stereocenters. The van der Waals surface area contributed by atoms with Gasteiger partial charge in [-0.3, -0.25) is 14.6 Å². The Labute approximate surface area is 124 Å². The third kappa shape index (κ3) is 3.07. The second kappa shape index (κ2) is 5.90. The molecule has 0 aliphatic heterocycles. The van der Waals surface area contributed by atoms with Crippen molar-refractivity contribution in [2.45, 2.75) is 0 Å². The third-order valence-corrected chi connectivity index (χ3v) is 3.09. The number of amides is 2. The molecule has 20 heavy (non-hydrogen) atoms. The van der Waals surface area contributed by atoms with Gasteiger partial charge in [0, 0.05) is 23.6 Å². The van der Waals surface area contributed by atoms with Crippen LogP contribution in [0.15, 0.2) is 36.7 Å². The first-order valence-corrected chi connectivity index (χ1v) is 6.25. The normalized spacial score (nSPS) is 10.1. The van der Waals surface area contributed by atoms with E-state index in [1.807, 2.05) is 0 Å². The zero-order chi connectivity index (χ0) is 14.7. The van der Waals surface area contributed by atoms with Gasteiger partial charge in [-0.1, -0.05) is 23.2 Å². The Bertz CT molecular complexity index is 652. The van der Waals surface area contributed by atoms with Crippen molar-refractivity contribution in [2.24, 2.45) is 5.73 Å². The first-order chi connectivity index (χ1) is 9.49. The molecule has 0 radical (unpaired) electrons. The van der Waals surface area contributed by atoms with E-state index in [0.29, 0.717) is 5.69 Å². The molecule has 0 saturated carbocycles. The number of aromatic nitrogens is 1. The second-order valence-corrected chi connectivity index (χ2v) is 4.68. The summed E-state index contributed by atoms with van der Waals surface area (Å²) in [6.07, 6.45) is 3.07. The van der Waals surface area contributed by atoms with E-state index in [-0.39, 0.29) is 21.2 Å². The number of nitrogens with one attached hydrogen (secondary N) is 1. The Balaban J connectivity index is 2.33. The van der Waals surface area contributed by atoms with Crippen LogP contribution < -0.4 is 11.1 Å². The summed E-state index contributed by atoms with van der Waals surface area (Å²) in [4.78, 5) is 27.0. The first kappa shape index (κ1) is 14.3. The SMILES string of the molecule is NC(=O)c1cc(Cl)c(C(=O)Nc2ccncc2)c(Cl)c1. The van der Waals surface area contributed by atoms with Crippen molar-refractivity contribution in [3.63, 3.8) is 0 Å². The van der Waals surface area contributed by atoms with E-state index in [1.165, 1.54) is 24.5 Å². The molecule has 0 bridgehead atoms. The molecule has 2 amide bonds. The van der Waals surface area contributed by atoms with Crippen LogP contribution in [0.25, 0.3) is 0 Å². The van der Waals surface area contributed by atoms with Gasteiger partial charge in [0.2, 0.25) is 5.91 Å². The number of nitrogens with two attached hydrogens (primary N) is 1. The summed E-state index contributed by atoms with van der Waals surface area (Å²) in [5.41, 5.74) is 5.91. The van der Waals surface area contributed by atoms with Crippen molar-refractivity contribution < 1.29 is 9.59 Å². The molecule has 0 atom stereocenters. The summed E-state index contributed by atoms with van der Waals surface area (Å²) in [5.74, 6) is -1.16. The average molecular weight is 310 g/mol. The van der Waals surface area contributed by atoms with Gasteiger partial charge in [-0.25, -0.2) is 0 Å². The highest BCUT2D eigenvalue weighted by Crippen LogP contribution is 2.27. The zero-order valence-electron chi connectivity index (χ0n) is 10.1. The summed E-state index contributed by atoms with van der Waals surface area (Å²) >= 11 is 11.9.